The molecule has 1 aromatic carbocycles. The highest BCUT2D eigenvalue weighted by atomic mass is 16.5. The van der Waals surface area contributed by atoms with E-state index in [1.807, 2.05) is 31.2 Å². The third-order valence-electron chi connectivity index (χ3n) is 2.40. The Bertz CT molecular complexity index is 349. The summed E-state index contributed by atoms with van der Waals surface area (Å²) in [6.07, 6.45) is 0. The first-order valence-corrected chi connectivity index (χ1v) is 4.82. The van der Waals surface area contributed by atoms with Crippen molar-refractivity contribution in [2.45, 2.75) is 12.8 Å². The molecular weight excluding hydrogens is 178 g/mol. The van der Waals surface area contributed by atoms with Crippen LogP contribution in [0.4, 0.5) is 5.69 Å². The number of ether oxygens (including phenoxy) is 1. The Morgan fingerprint density at radius 1 is 1.57 bits per heavy atom. The largest absolute Gasteiger partial charge is 0.465 e. The van der Waals surface area contributed by atoms with E-state index in [2.05, 4.69) is 5.32 Å². The summed E-state index contributed by atoms with van der Waals surface area (Å²) in [7, 11) is 0. The number of hydrogen-bond acceptors (Lipinski definition) is 3. The number of benzene rings is 1. The van der Waals surface area contributed by atoms with Gasteiger partial charge in [-0.2, -0.15) is 0 Å². The molecule has 3 nitrogen and oxygen atoms in total. The zero-order valence-corrected chi connectivity index (χ0v) is 8.12. The number of carbonyl (C=O) groups is 1. The number of carbonyl (C=O) groups excluding carboxylic acids is 1. The van der Waals surface area contributed by atoms with Crippen LogP contribution in [-0.2, 0) is 9.53 Å². The molecule has 1 aliphatic rings. The Kier molecular flexibility index (Phi) is 2.39. The summed E-state index contributed by atoms with van der Waals surface area (Å²) in [5.74, 6) is -0.267. The molecule has 0 saturated carbocycles. The molecule has 0 radical (unpaired) electrons. The van der Waals surface area contributed by atoms with Gasteiger partial charge < -0.3 is 10.1 Å². The minimum Gasteiger partial charge on any atom is -0.465 e. The van der Waals surface area contributed by atoms with Gasteiger partial charge in [-0.3, -0.25) is 4.79 Å². The van der Waals surface area contributed by atoms with Crippen molar-refractivity contribution in [3.63, 3.8) is 0 Å². The van der Waals surface area contributed by atoms with Gasteiger partial charge in [0, 0.05) is 12.2 Å². The third kappa shape index (κ3) is 1.45. The molecule has 0 saturated heterocycles. The molecular formula is C11H13NO2. The van der Waals surface area contributed by atoms with Crippen LogP contribution in [0, 0.1) is 0 Å². The third-order valence-corrected chi connectivity index (χ3v) is 2.40. The van der Waals surface area contributed by atoms with E-state index in [1.54, 1.807) is 0 Å². The summed E-state index contributed by atoms with van der Waals surface area (Å²) in [6, 6.07) is 7.85. The Hall–Kier alpha value is -1.51. The quantitative estimate of drug-likeness (QED) is 0.724. The lowest BCUT2D eigenvalue weighted by atomic mass is 10.0. The molecule has 74 valence electrons. The Morgan fingerprint density at radius 3 is 3.14 bits per heavy atom. The molecule has 0 bridgehead atoms. The second-order valence-electron chi connectivity index (χ2n) is 3.27. The van der Waals surface area contributed by atoms with E-state index in [9.17, 15) is 4.79 Å². The topological polar surface area (TPSA) is 38.3 Å². The van der Waals surface area contributed by atoms with Gasteiger partial charge in [-0.1, -0.05) is 18.2 Å². The fourth-order valence-electron chi connectivity index (χ4n) is 1.74. The van der Waals surface area contributed by atoms with Crippen molar-refractivity contribution >= 4 is 11.7 Å². The molecule has 0 amide bonds. The number of fused-ring (bicyclic) bond motifs is 1. The van der Waals surface area contributed by atoms with Gasteiger partial charge in [0.1, 0.15) is 5.92 Å². The van der Waals surface area contributed by atoms with Crippen LogP contribution < -0.4 is 5.32 Å². The number of rotatable bonds is 2. The van der Waals surface area contributed by atoms with Crippen molar-refractivity contribution in [2.75, 3.05) is 18.5 Å². The highest BCUT2D eigenvalue weighted by Crippen LogP contribution is 2.31. The predicted octanol–water partition coefficient (Wildman–Crippen LogP) is 1.76. The Balaban J connectivity index is 2.21. The molecule has 1 aromatic rings. The number of anilines is 1. The van der Waals surface area contributed by atoms with E-state index in [1.165, 1.54) is 0 Å². The Morgan fingerprint density at radius 2 is 2.36 bits per heavy atom. The van der Waals surface area contributed by atoms with Crippen LogP contribution >= 0.6 is 0 Å². The van der Waals surface area contributed by atoms with Crippen LogP contribution in [0.1, 0.15) is 18.4 Å². The summed E-state index contributed by atoms with van der Waals surface area (Å²) >= 11 is 0. The minimum atomic E-state index is -0.134. The maximum Gasteiger partial charge on any atom is 0.315 e. The zero-order valence-electron chi connectivity index (χ0n) is 8.12. The summed E-state index contributed by atoms with van der Waals surface area (Å²) in [4.78, 5) is 11.5. The van der Waals surface area contributed by atoms with Gasteiger partial charge in [-0.05, 0) is 18.6 Å². The van der Waals surface area contributed by atoms with Gasteiger partial charge in [0.15, 0.2) is 0 Å². The van der Waals surface area contributed by atoms with Gasteiger partial charge >= 0.3 is 5.97 Å². The first kappa shape index (κ1) is 9.06. The number of hydrogen-bond donors (Lipinski definition) is 1. The molecule has 0 spiro atoms. The molecule has 0 fully saturated rings. The van der Waals surface area contributed by atoms with Crippen molar-refractivity contribution < 1.29 is 9.53 Å². The van der Waals surface area contributed by atoms with Gasteiger partial charge in [0.2, 0.25) is 0 Å². The van der Waals surface area contributed by atoms with Crippen molar-refractivity contribution in [3.05, 3.63) is 29.8 Å². The smallest absolute Gasteiger partial charge is 0.315 e. The van der Waals surface area contributed by atoms with E-state index >= 15 is 0 Å². The minimum absolute atomic E-state index is 0.133. The summed E-state index contributed by atoms with van der Waals surface area (Å²) < 4.78 is 5.00. The fourth-order valence-corrected chi connectivity index (χ4v) is 1.74. The van der Waals surface area contributed by atoms with E-state index in [0.717, 1.165) is 11.3 Å². The normalized spacial score (nSPS) is 18.5. The SMILES string of the molecule is CCOC(=O)[C@H]1CNc2ccccc21. The molecule has 2 rings (SSSR count). The molecule has 1 N–H and O–H groups in total. The first-order chi connectivity index (χ1) is 6.83. The molecule has 1 atom stereocenters. The number of esters is 1. The van der Waals surface area contributed by atoms with Crippen LogP contribution in [0.25, 0.3) is 0 Å². The summed E-state index contributed by atoms with van der Waals surface area (Å²) in [5, 5.41) is 3.19. The molecule has 0 aromatic heterocycles. The van der Waals surface area contributed by atoms with Gasteiger partial charge in [0.05, 0.1) is 6.61 Å². The number of nitrogens with one attached hydrogen (secondary N) is 1. The van der Waals surface area contributed by atoms with Crippen LogP contribution in [0.15, 0.2) is 24.3 Å². The second kappa shape index (κ2) is 3.70. The van der Waals surface area contributed by atoms with Crippen LogP contribution in [-0.4, -0.2) is 19.1 Å². The lowest BCUT2D eigenvalue weighted by molar-refractivity contribution is -0.144. The van der Waals surface area contributed by atoms with Gasteiger partial charge in [0.25, 0.3) is 0 Å². The zero-order chi connectivity index (χ0) is 9.97. The highest BCUT2D eigenvalue weighted by molar-refractivity contribution is 5.83. The van der Waals surface area contributed by atoms with Crippen LogP contribution in [0.3, 0.4) is 0 Å². The van der Waals surface area contributed by atoms with E-state index in [-0.39, 0.29) is 11.9 Å². The molecule has 3 heteroatoms. The second-order valence-corrected chi connectivity index (χ2v) is 3.27. The van der Waals surface area contributed by atoms with Gasteiger partial charge in [-0.25, -0.2) is 0 Å². The lowest BCUT2D eigenvalue weighted by Gasteiger charge is -2.08. The van der Waals surface area contributed by atoms with Crippen molar-refractivity contribution in [3.8, 4) is 0 Å². The molecule has 0 aliphatic carbocycles. The summed E-state index contributed by atoms with van der Waals surface area (Å²) in [5.41, 5.74) is 2.09. The standard InChI is InChI=1S/C11H13NO2/c1-2-14-11(13)9-7-12-10-6-4-3-5-8(9)10/h3-6,9,12H,2,7H2,1H3/t9-/m0/s1. The predicted molar refractivity (Wildman–Crippen MR) is 54.3 cm³/mol. The average Bonchev–Trinajstić information content (AvgIpc) is 2.61. The van der Waals surface area contributed by atoms with Gasteiger partial charge in [-0.15, -0.1) is 0 Å². The highest BCUT2D eigenvalue weighted by Gasteiger charge is 2.28. The van der Waals surface area contributed by atoms with E-state index < -0.39 is 0 Å². The monoisotopic (exact) mass is 191 g/mol. The molecule has 1 aliphatic heterocycles. The van der Waals surface area contributed by atoms with Crippen molar-refractivity contribution in [1.29, 1.82) is 0 Å². The van der Waals surface area contributed by atoms with Crippen molar-refractivity contribution in [2.24, 2.45) is 0 Å². The lowest BCUT2D eigenvalue weighted by Crippen LogP contribution is -2.17. The first-order valence-electron chi connectivity index (χ1n) is 4.82. The maximum absolute atomic E-state index is 11.5. The summed E-state index contributed by atoms with van der Waals surface area (Å²) in [6.45, 7) is 2.92. The van der Waals surface area contributed by atoms with Crippen LogP contribution in [0.2, 0.25) is 0 Å². The van der Waals surface area contributed by atoms with E-state index in [0.29, 0.717) is 13.2 Å². The molecule has 14 heavy (non-hydrogen) atoms. The fraction of sp³-hybridized carbons (Fsp3) is 0.364. The van der Waals surface area contributed by atoms with E-state index in [4.69, 9.17) is 4.74 Å². The average molecular weight is 191 g/mol. The maximum atomic E-state index is 11.5. The molecule has 0 unspecified atom stereocenters. The number of para-hydroxylation sites is 1. The van der Waals surface area contributed by atoms with Crippen LogP contribution in [0.5, 0.6) is 0 Å². The van der Waals surface area contributed by atoms with Crippen molar-refractivity contribution in [1.82, 2.24) is 0 Å². The Labute approximate surface area is 83.1 Å². The molecule has 1 heterocycles.